The molecule has 0 unspecified atom stereocenters. The van der Waals surface area contributed by atoms with Crippen molar-refractivity contribution in [1.82, 2.24) is 9.97 Å². The van der Waals surface area contributed by atoms with Crippen molar-refractivity contribution in [2.75, 3.05) is 0 Å². The van der Waals surface area contributed by atoms with Gasteiger partial charge in [0.05, 0.1) is 9.40 Å². The van der Waals surface area contributed by atoms with E-state index in [1.54, 1.807) is 12.4 Å². The Morgan fingerprint density at radius 1 is 0.778 bits per heavy atom. The van der Waals surface area contributed by atoms with E-state index >= 15 is 0 Å². The highest BCUT2D eigenvalue weighted by atomic mass is 32.1. The molecule has 0 saturated heterocycles. The largest absolute Gasteiger partial charge is 0.251 e. The standard InChI is InChI=1S/C14H10N2S2/c1-7-5-9-10-6-8(2)18-14(10)12-11(13(9)17-7)15-3-4-16-12/h3-6H,1-2H3. The average Bonchev–Trinajstić information content (AvgIpc) is 2.92. The normalized spacial score (nSPS) is 11.9. The fraction of sp³-hybridized carbons (Fsp3) is 0.143. The van der Waals surface area contributed by atoms with Crippen molar-refractivity contribution in [2.24, 2.45) is 0 Å². The summed E-state index contributed by atoms with van der Waals surface area (Å²) in [5.41, 5.74) is 2.08. The summed E-state index contributed by atoms with van der Waals surface area (Å²) in [5, 5.41) is 2.65. The second kappa shape index (κ2) is 3.49. The molecule has 0 aliphatic carbocycles. The predicted octanol–water partition coefficient (Wildman–Crippen LogP) is 4.68. The van der Waals surface area contributed by atoms with Crippen molar-refractivity contribution in [3.05, 3.63) is 34.3 Å². The molecular weight excluding hydrogens is 260 g/mol. The van der Waals surface area contributed by atoms with Gasteiger partial charge in [0.2, 0.25) is 0 Å². The van der Waals surface area contributed by atoms with Gasteiger partial charge in [0, 0.05) is 32.9 Å². The van der Waals surface area contributed by atoms with Crippen molar-refractivity contribution in [1.29, 1.82) is 0 Å². The van der Waals surface area contributed by atoms with E-state index in [4.69, 9.17) is 0 Å². The summed E-state index contributed by atoms with van der Waals surface area (Å²) in [7, 11) is 0. The monoisotopic (exact) mass is 270 g/mol. The van der Waals surface area contributed by atoms with Gasteiger partial charge in [-0.05, 0) is 26.0 Å². The molecule has 2 nitrogen and oxygen atoms in total. The molecule has 0 aliphatic heterocycles. The van der Waals surface area contributed by atoms with Crippen LogP contribution in [0.15, 0.2) is 24.5 Å². The third-order valence-corrected chi connectivity index (χ3v) is 5.24. The first-order valence-electron chi connectivity index (χ1n) is 5.77. The van der Waals surface area contributed by atoms with Crippen LogP contribution < -0.4 is 0 Å². The number of rotatable bonds is 0. The molecule has 18 heavy (non-hydrogen) atoms. The molecular formula is C14H10N2S2. The first-order chi connectivity index (χ1) is 8.74. The van der Waals surface area contributed by atoms with Crippen LogP contribution in [0.3, 0.4) is 0 Å². The van der Waals surface area contributed by atoms with Crippen molar-refractivity contribution < 1.29 is 0 Å². The van der Waals surface area contributed by atoms with Gasteiger partial charge in [0.1, 0.15) is 11.0 Å². The van der Waals surface area contributed by atoms with Gasteiger partial charge in [0.25, 0.3) is 0 Å². The first kappa shape index (κ1) is 10.4. The molecule has 0 atom stereocenters. The number of benzene rings is 1. The summed E-state index contributed by atoms with van der Waals surface area (Å²) in [6, 6.07) is 4.53. The number of thiophene rings is 2. The molecule has 0 saturated carbocycles. The number of aromatic nitrogens is 2. The summed E-state index contributed by atoms with van der Waals surface area (Å²) in [5.74, 6) is 0. The maximum absolute atomic E-state index is 4.54. The molecule has 0 amide bonds. The smallest absolute Gasteiger partial charge is 0.108 e. The van der Waals surface area contributed by atoms with Gasteiger partial charge in [-0.25, -0.2) is 0 Å². The first-order valence-corrected chi connectivity index (χ1v) is 7.40. The van der Waals surface area contributed by atoms with E-state index in [9.17, 15) is 0 Å². The Kier molecular flexibility index (Phi) is 2.02. The third-order valence-electron chi connectivity index (χ3n) is 3.13. The Morgan fingerprint density at radius 2 is 1.22 bits per heavy atom. The molecule has 0 N–H and O–H groups in total. The highest BCUT2D eigenvalue weighted by Gasteiger charge is 2.14. The van der Waals surface area contributed by atoms with E-state index < -0.39 is 0 Å². The zero-order valence-corrected chi connectivity index (χ0v) is 11.7. The second-order valence-corrected chi connectivity index (χ2v) is 6.97. The zero-order valence-electron chi connectivity index (χ0n) is 10.0. The Morgan fingerprint density at radius 3 is 1.67 bits per heavy atom. The minimum Gasteiger partial charge on any atom is -0.251 e. The lowest BCUT2D eigenvalue weighted by Gasteiger charge is -2.00. The fourth-order valence-electron chi connectivity index (χ4n) is 2.45. The van der Waals surface area contributed by atoms with Crippen LogP contribution in [0.2, 0.25) is 0 Å². The van der Waals surface area contributed by atoms with Crippen LogP contribution in [0.5, 0.6) is 0 Å². The topological polar surface area (TPSA) is 25.8 Å². The van der Waals surface area contributed by atoms with Crippen LogP contribution in [0, 0.1) is 13.8 Å². The molecule has 0 aliphatic rings. The van der Waals surface area contributed by atoms with Crippen molar-refractivity contribution in [2.45, 2.75) is 13.8 Å². The van der Waals surface area contributed by atoms with Crippen LogP contribution in [0.1, 0.15) is 9.75 Å². The Balaban J connectivity index is 2.44. The van der Waals surface area contributed by atoms with Crippen LogP contribution in [-0.4, -0.2) is 9.97 Å². The lowest BCUT2D eigenvalue weighted by Crippen LogP contribution is -1.82. The molecule has 0 fully saturated rings. The van der Waals surface area contributed by atoms with Crippen LogP contribution in [0.25, 0.3) is 31.2 Å². The zero-order chi connectivity index (χ0) is 12.3. The molecule has 0 radical (unpaired) electrons. The molecule has 1 aromatic carbocycles. The van der Waals surface area contributed by atoms with Crippen molar-refractivity contribution >= 4 is 53.9 Å². The maximum Gasteiger partial charge on any atom is 0.108 e. The highest BCUT2D eigenvalue weighted by molar-refractivity contribution is 7.22. The fourth-order valence-corrected chi connectivity index (χ4v) is 4.50. The molecule has 3 aromatic heterocycles. The third kappa shape index (κ3) is 1.27. The SMILES string of the molecule is Cc1cc2c3cc(C)sc3c3nccnc3c2s1. The minimum atomic E-state index is 1.04. The quantitative estimate of drug-likeness (QED) is 0.464. The van der Waals surface area contributed by atoms with E-state index in [1.807, 2.05) is 22.7 Å². The van der Waals surface area contributed by atoms with E-state index in [0.29, 0.717) is 0 Å². The van der Waals surface area contributed by atoms with Gasteiger partial charge >= 0.3 is 0 Å². The summed E-state index contributed by atoms with van der Waals surface area (Å²) < 4.78 is 2.53. The van der Waals surface area contributed by atoms with Gasteiger partial charge in [-0.3, -0.25) is 9.97 Å². The number of aryl methyl sites for hydroxylation is 2. The summed E-state index contributed by atoms with van der Waals surface area (Å²) in [6.45, 7) is 4.30. The predicted molar refractivity (Wildman–Crippen MR) is 79.8 cm³/mol. The molecule has 0 bridgehead atoms. The Hall–Kier alpha value is -1.52. The maximum atomic E-state index is 4.54. The van der Waals surface area contributed by atoms with E-state index in [-0.39, 0.29) is 0 Å². The van der Waals surface area contributed by atoms with Crippen molar-refractivity contribution in [3.8, 4) is 0 Å². The number of fused-ring (bicyclic) bond motifs is 6. The molecule has 0 spiro atoms. The summed E-state index contributed by atoms with van der Waals surface area (Å²) in [4.78, 5) is 11.7. The van der Waals surface area contributed by atoms with Gasteiger partial charge in [-0.1, -0.05) is 0 Å². The van der Waals surface area contributed by atoms with Crippen LogP contribution >= 0.6 is 22.7 Å². The van der Waals surface area contributed by atoms with Crippen LogP contribution in [-0.2, 0) is 0 Å². The lowest BCUT2D eigenvalue weighted by molar-refractivity contribution is 1.31. The van der Waals surface area contributed by atoms with Crippen molar-refractivity contribution in [3.63, 3.8) is 0 Å². The summed E-state index contributed by atoms with van der Waals surface area (Å²) in [6.07, 6.45) is 3.56. The van der Waals surface area contributed by atoms with Gasteiger partial charge < -0.3 is 0 Å². The molecule has 3 heterocycles. The summed E-state index contributed by atoms with van der Waals surface area (Å²) >= 11 is 3.62. The molecule has 4 rings (SSSR count). The average molecular weight is 270 g/mol. The molecule has 88 valence electrons. The van der Waals surface area contributed by atoms with Gasteiger partial charge in [-0.15, -0.1) is 22.7 Å². The number of nitrogens with zero attached hydrogens (tertiary/aromatic N) is 2. The highest BCUT2D eigenvalue weighted by Crippen LogP contribution is 2.40. The number of hydrogen-bond donors (Lipinski definition) is 0. The second-order valence-electron chi connectivity index (χ2n) is 4.45. The Bertz CT molecular complexity index is 827. The Labute approximate surface area is 112 Å². The van der Waals surface area contributed by atoms with Gasteiger partial charge in [-0.2, -0.15) is 0 Å². The van der Waals surface area contributed by atoms with E-state index in [0.717, 1.165) is 11.0 Å². The minimum absolute atomic E-state index is 1.04. The molecule has 4 heteroatoms. The van der Waals surface area contributed by atoms with E-state index in [2.05, 4.69) is 35.9 Å². The van der Waals surface area contributed by atoms with Crippen LogP contribution in [0.4, 0.5) is 0 Å². The van der Waals surface area contributed by atoms with Gasteiger partial charge in [0.15, 0.2) is 0 Å². The lowest BCUT2D eigenvalue weighted by atomic mass is 10.1. The van der Waals surface area contributed by atoms with E-state index in [1.165, 1.54) is 29.9 Å². The number of hydrogen-bond acceptors (Lipinski definition) is 4. The molecule has 4 aromatic rings.